The molecule has 5 N–H and O–H groups in total. The number of hydrogen-bond donors (Lipinski definition) is 4. The summed E-state index contributed by atoms with van der Waals surface area (Å²) in [7, 11) is 0. The van der Waals surface area contributed by atoms with Crippen molar-refractivity contribution in [1.82, 2.24) is 10.3 Å². The number of carboxylic acids is 1. The van der Waals surface area contributed by atoms with Crippen molar-refractivity contribution >= 4 is 23.2 Å². The Labute approximate surface area is 101 Å². The van der Waals surface area contributed by atoms with Crippen LogP contribution in [0.5, 0.6) is 0 Å². The summed E-state index contributed by atoms with van der Waals surface area (Å²) < 4.78 is 0. The minimum Gasteiger partial charge on any atom is -0.479 e. The molecule has 0 aliphatic rings. The highest BCUT2D eigenvalue weighted by Gasteiger charge is 2.17. The van der Waals surface area contributed by atoms with Crippen LogP contribution < -0.4 is 11.1 Å². The third-order valence-electron chi connectivity index (χ3n) is 1.89. The quantitative estimate of drug-likeness (QED) is 0.556. The van der Waals surface area contributed by atoms with Gasteiger partial charge in [-0.05, 0) is 6.92 Å². The molecule has 1 amide bonds. The first-order valence-corrected chi connectivity index (χ1v) is 5.70. The highest BCUT2D eigenvalue weighted by Crippen LogP contribution is 2.15. The van der Waals surface area contributed by atoms with Crippen LogP contribution in [0.2, 0.25) is 0 Å². The first-order valence-electron chi connectivity index (χ1n) is 4.82. The smallest absolute Gasteiger partial charge is 0.334 e. The Bertz CT molecular complexity index is 418. The maximum atomic E-state index is 11.5. The predicted molar refractivity (Wildman–Crippen MR) is 60.7 cm³/mol. The van der Waals surface area contributed by atoms with Gasteiger partial charge in [0.2, 0.25) is 0 Å². The molecule has 17 heavy (non-hydrogen) atoms. The third-order valence-corrected chi connectivity index (χ3v) is 2.93. The molecule has 1 heterocycles. The molecule has 0 aliphatic heterocycles. The molecule has 0 saturated carbocycles. The number of nitrogens with zero attached hydrogens (tertiary/aromatic N) is 1. The lowest BCUT2D eigenvalue weighted by Gasteiger charge is -2.06. The second-order valence-electron chi connectivity index (χ2n) is 3.42. The molecule has 1 aromatic heterocycles. The summed E-state index contributed by atoms with van der Waals surface area (Å²) >= 11 is 1.25. The van der Waals surface area contributed by atoms with E-state index in [-0.39, 0.29) is 18.3 Å². The topological polar surface area (TPSA) is 126 Å². The zero-order valence-corrected chi connectivity index (χ0v) is 9.90. The van der Waals surface area contributed by atoms with Crippen LogP contribution in [0.4, 0.5) is 0 Å². The van der Waals surface area contributed by atoms with Gasteiger partial charge in [-0.3, -0.25) is 4.79 Å². The Kier molecular flexibility index (Phi) is 4.55. The summed E-state index contributed by atoms with van der Waals surface area (Å²) in [6.07, 6.45) is -1.62. The molecule has 1 unspecified atom stereocenters. The van der Waals surface area contributed by atoms with Crippen LogP contribution >= 0.6 is 11.3 Å². The Balaban J connectivity index is 2.55. The first-order chi connectivity index (χ1) is 7.91. The molecule has 1 aromatic rings. The number of thiazole rings is 1. The molecule has 0 aliphatic carbocycles. The van der Waals surface area contributed by atoms with Crippen molar-refractivity contribution in [3.05, 3.63) is 16.1 Å². The van der Waals surface area contributed by atoms with Gasteiger partial charge < -0.3 is 21.3 Å². The number of amides is 1. The zero-order valence-electron chi connectivity index (χ0n) is 9.08. The summed E-state index contributed by atoms with van der Waals surface area (Å²) in [6, 6.07) is -0.258. The summed E-state index contributed by atoms with van der Waals surface area (Å²) in [4.78, 5) is 25.8. The number of aliphatic carboxylic acids is 1. The van der Waals surface area contributed by atoms with Gasteiger partial charge in [0.25, 0.3) is 5.91 Å². The predicted octanol–water partition coefficient (Wildman–Crippen LogP) is -0.662. The maximum absolute atomic E-state index is 11.5. The number of carbonyl (C=O) groups excluding carboxylic acids is 1. The summed E-state index contributed by atoms with van der Waals surface area (Å²) in [5.74, 6) is -1.92. The van der Waals surface area contributed by atoms with E-state index in [1.54, 1.807) is 6.92 Å². The van der Waals surface area contributed by atoms with Crippen molar-refractivity contribution in [3.63, 3.8) is 0 Å². The Morgan fingerprint density at radius 2 is 2.29 bits per heavy atom. The van der Waals surface area contributed by atoms with Crippen molar-refractivity contribution in [2.24, 2.45) is 5.73 Å². The number of aliphatic hydroxyl groups is 1. The van der Waals surface area contributed by atoms with E-state index in [1.807, 2.05) is 0 Å². The number of nitrogens with two attached hydrogens (primary N) is 1. The van der Waals surface area contributed by atoms with Gasteiger partial charge in [-0.25, -0.2) is 9.78 Å². The molecule has 0 saturated heterocycles. The SMILES string of the molecule is CC(N)c1nc(C(=O)NC[C@H](O)C(=O)O)cs1. The highest BCUT2D eigenvalue weighted by molar-refractivity contribution is 7.09. The van der Waals surface area contributed by atoms with Gasteiger partial charge >= 0.3 is 5.97 Å². The number of nitrogens with one attached hydrogen (secondary N) is 1. The average Bonchev–Trinajstić information content (AvgIpc) is 2.74. The minimum atomic E-state index is -1.62. The lowest BCUT2D eigenvalue weighted by molar-refractivity contribution is -0.146. The van der Waals surface area contributed by atoms with Gasteiger partial charge in [0, 0.05) is 5.38 Å². The van der Waals surface area contributed by atoms with Crippen LogP contribution in [-0.2, 0) is 4.79 Å². The largest absolute Gasteiger partial charge is 0.479 e. The molecule has 8 heteroatoms. The molecule has 2 atom stereocenters. The molecule has 0 fully saturated rings. The molecule has 94 valence electrons. The Hall–Kier alpha value is -1.51. The van der Waals surface area contributed by atoms with Crippen molar-refractivity contribution in [2.75, 3.05) is 6.54 Å². The van der Waals surface area contributed by atoms with E-state index in [2.05, 4.69) is 10.3 Å². The van der Waals surface area contributed by atoms with Crippen molar-refractivity contribution in [3.8, 4) is 0 Å². The van der Waals surface area contributed by atoms with Crippen LogP contribution in [0.15, 0.2) is 5.38 Å². The van der Waals surface area contributed by atoms with Crippen LogP contribution in [0.1, 0.15) is 28.5 Å². The van der Waals surface area contributed by atoms with Crippen LogP contribution in [0.25, 0.3) is 0 Å². The molecule has 0 aromatic carbocycles. The number of aromatic nitrogens is 1. The van der Waals surface area contributed by atoms with E-state index in [4.69, 9.17) is 15.9 Å². The average molecular weight is 259 g/mol. The fourth-order valence-electron chi connectivity index (χ4n) is 0.968. The van der Waals surface area contributed by atoms with E-state index < -0.39 is 18.0 Å². The first kappa shape index (κ1) is 13.6. The minimum absolute atomic E-state index is 0.167. The number of carbonyl (C=O) groups is 2. The summed E-state index contributed by atoms with van der Waals surface area (Å²) in [6.45, 7) is 1.38. The second-order valence-corrected chi connectivity index (χ2v) is 4.31. The molecule has 1 rings (SSSR count). The normalized spacial score (nSPS) is 14.1. The van der Waals surface area contributed by atoms with E-state index in [0.29, 0.717) is 5.01 Å². The monoisotopic (exact) mass is 259 g/mol. The standard InChI is InChI=1S/C9H13N3O4S/c1-4(10)8-12-5(3-17-8)7(14)11-2-6(13)9(15)16/h3-4,6,13H,2,10H2,1H3,(H,11,14)(H,15,16)/t4?,6-/m0/s1. The molecular weight excluding hydrogens is 246 g/mol. The second kappa shape index (κ2) is 5.71. The summed E-state index contributed by atoms with van der Waals surface area (Å²) in [5, 5.41) is 21.8. The lowest BCUT2D eigenvalue weighted by atomic mass is 10.3. The van der Waals surface area contributed by atoms with Gasteiger partial charge in [0.1, 0.15) is 10.7 Å². The molecule has 0 spiro atoms. The van der Waals surface area contributed by atoms with E-state index >= 15 is 0 Å². The van der Waals surface area contributed by atoms with Crippen molar-refractivity contribution in [1.29, 1.82) is 0 Å². The van der Waals surface area contributed by atoms with E-state index in [1.165, 1.54) is 16.7 Å². The van der Waals surface area contributed by atoms with Crippen LogP contribution in [-0.4, -0.2) is 39.7 Å². The molecule has 0 radical (unpaired) electrons. The third kappa shape index (κ3) is 3.77. The Morgan fingerprint density at radius 1 is 1.65 bits per heavy atom. The Morgan fingerprint density at radius 3 is 2.76 bits per heavy atom. The van der Waals surface area contributed by atoms with Gasteiger partial charge in [-0.1, -0.05) is 0 Å². The molecule has 7 nitrogen and oxygen atoms in total. The number of hydrogen-bond acceptors (Lipinski definition) is 6. The van der Waals surface area contributed by atoms with E-state index in [0.717, 1.165) is 0 Å². The fraction of sp³-hybridized carbons (Fsp3) is 0.444. The van der Waals surface area contributed by atoms with Gasteiger partial charge in [0.05, 0.1) is 12.6 Å². The van der Waals surface area contributed by atoms with Gasteiger partial charge in [0.15, 0.2) is 6.10 Å². The number of carboxylic acid groups (broad SMARTS) is 1. The van der Waals surface area contributed by atoms with Crippen LogP contribution in [0, 0.1) is 0 Å². The summed E-state index contributed by atoms with van der Waals surface area (Å²) in [5.41, 5.74) is 5.75. The highest BCUT2D eigenvalue weighted by atomic mass is 32.1. The molecular formula is C9H13N3O4S. The zero-order chi connectivity index (χ0) is 13.0. The van der Waals surface area contributed by atoms with Gasteiger partial charge in [-0.15, -0.1) is 11.3 Å². The molecule has 0 bridgehead atoms. The van der Waals surface area contributed by atoms with Crippen molar-refractivity contribution < 1.29 is 19.8 Å². The van der Waals surface area contributed by atoms with Crippen LogP contribution in [0.3, 0.4) is 0 Å². The number of rotatable bonds is 5. The maximum Gasteiger partial charge on any atom is 0.334 e. The lowest BCUT2D eigenvalue weighted by Crippen LogP contribution is -2.36. The fourth-order valence-corrected chi connectivity index (χ4v) is 1.73. The van der Waals surface area contributed by atoms with Crippen molar-refractivity contribution in [2.45, 2.75) is 19.1 Å². The van der Waals surface area contributed by atoms with E-state index in [9.17, 15) is 9.59 Å². The van der Waals surface area contributed by atoms with Gasteiger partial charge in [-0.2, -0.15) is 0 Å². The number of aliphatic hydroxyl groups excluding tert-OH is 1.